The summed E-state index contributed by atoms with van der Waals surface area (Å²) in [5.74, 6) is -8.06. The second-order valence-electron chi connectivity index (χ2n) is 17.0. The molecule has 56 heavy (non-hydrogen) atoms. The minimum atomic E-state index is -1.85. The fourth-order valence-corrected chi connectivity index (χ4v) is 10.1. The zero-order valence-electron chi connectivity index (χ0n) is 33.6. The highest BCUT2D eigenvalue weighted by atomic mass is 16.6. The van der Waals surface area contributed by atoms with Gasteiger partial charge in [-0.1, -0.05) is 39.7 Å². The van der Waals surface area contributed by atoms with Crippen LogP contribution in [0.15, 0.2) is 51.3 Å². The molecule has 0 radical (unpaired) electrons. The number of allylic oxidation sites excluding steroid dienone is 4. The molecule has 14 heteroatoms. The van der Waals surface area contributed by atoms with E-state index in [1.165, 1.54) is 12.7 Å². The highest BCUT2D eigenvalue weighted by Crippen LogP contribution is 2.72. The van der Waals surface area contributed by atoms with Crippen LogP contribution < -0.4 is 20.9 Å². The molecular formula is C42H54N4O10. The van der Waals surface area contributed by atoms with Gasteiger partial charge in [0.05, 0.1) is 30.1 Å². The predicted octanol–water partition coefficient (Wildman–Crippen LogP) is 5.74. The number of fused-ring (bicyclic) bond motifs is 2. The van der Waals surface area contributed by atoms with Gasteiger partial charge in [0.15, 0.2) is 22.8 Å². The van der Waals surface area contributed by atoms with Crippen molar-refractivity contribution in [3.63, 3.8) is 0 Å². The number of benzene rings is 1. The monoisotopic (exact) mass is 774 g/mol. The summed E-state index contributed by atoms with van der Waals surface area (Å²) in [6.45, 7) is 15.1. The Morgan fingerprint density at radius 3 is 2.23 bits per heavy atom. The molecule has 8 unspecified atom stereocenters. The highest BCUT2D eigenvalue weighted by Gasteiger charge is 2.86. The van der Waals surface area contributed by atoms with Gasteiger partial charge in [-0.15, -0.1) is 0 Å². The third kappa shape index (κ3) is 5.90. The number of esters is 1. The molecule has 4 bridgehead atoms. The first-order valence-electron chi connectivity index (χ1n) is 19.0. The van der Waals surface area contributed by atoms with Gasteiger partial charge < -0.3 is 45.9 Å². The zero-order chi connectivity index (χ0) is 41.3. The second-order valence-corrected chi connectivity index (χ2v) is 17.0. The smallest absolute Gasteiger partial charge is 0.333 e. The lowest BCUT2D eigenvalue weighted by Crippen LogP contribution is -2.80. The van der Waals surface area contributed by atoms with Crippen LogP contribution in [0.4, 0.5) is 0 Å². The van der Waals surface area contributed by atoms with Crippen molar-refractivity contribution in [2.75, 3.05) is 7.11 Å². The van der Waals surface area contributed by atoms with E-state index < -0.39 is 81.2 Å². The van der Waals surface area contributed by atoms with E-state index in [2.05, 4.69) is 16.4 Å². The molecule has 1 aromatic carbocycles. The first kappa shape index (κ1) is 40.6. The number of carbonyl (C=O) groups excluding carboxylic acids is 3. The van der Waals surface area contributed by atoms with Crippen molar-refractivity contribution in [1.82, 2.24) is 0 Å². The third-order valence-electron chi connectivity index (χ3n) is 12.6. The molecule has 3 aliphatic heterocycles. The Balaban J connectivity index is 1.69. The van der Waals surface area contributed by atoms with Gasteiger partial charge in [0, 0.05) is 29.4 Å². The van der Waals surface area contributed by atoms with Crippen molar-refractivity contribution in [1.29, 1.82) is 0 Å². The molecule has 3 saturated carbocycles. The third-order valence-corrected chi connectivity index (χ3v) is 12.6. The second kappa shape index (κ2) is 14.1. The van der Waals surface area contributed by atoms with Crippen LogP contribution in [-0.2, 0) is 25.5 Å². The number of hydrogen-bond donors (Lipinski definition) is 5. The fraction of sp³-hybridized carbons (Fsp3) is 0.548. The molecule has 3 heterocycles. The molecule has 302 valence electrons. The lowest BCUT2D eigenvalue weighted by molar-refractivity contribution is -0.212. The molecule has 7 N–H and O–H groups in total. The highest BCUT2D eigenvalue weighted by molar-refractivity contribution is 6.12. The number of ketones is 2. The molecule has 1 aromatic rings. The Labute approximate surface area is 326 Å². The van der Waals surface area contributed by atoms with Gasteiger partial charge in [-0.2, -0.15) is 0 Å². The first-order valence-corrected chi connectivity index (χ1v) is 19.0. The number of hydrogen-bond acceptors (Lipinski definition) is 12. The number of oxime groups is 2. The van der Waals surface area contributed by atoms with Crippen LogP contribution in [0.3, 0.4) is 0 Å². The Morgan fingerprint density at radius 1 is 1.00 bits per heavy atom. The molecule has 0 amide bonds. The normalized spacial score (nSPS) is 31.7. The van der Waals surface area contributed by atoms with Crippen molar-refractivity contribution in [3.8, 4) is 17.2 Å². The molecule has 7 rings (SSSR count). The standard InChI is InChI=1S/C42H54N4O10/c1-20(2)11-10-16-40(8)17-15-23-31(47)29-32(48)30-27(28(36(43)45-51)37(44)46-52)25-19-26-39(6,7)56-41(35(25)49,18-14-22(5)38(50)53-9)42(26,30)55-34(29)24(33(23)54-40)13-12-21(3)4/h11-12,14-15,17,25-28,30,47,51-52H,10,13,16,18-19H2,1-9H3,(H2,43,45)(H2,44,46)/b22-14-. The zero-order valence-corrected chi connectivity index (χ0v) is 33.6. The van der Waals surface area contributed by atoms with Gasteiger partial charge in [0.1, 0.15) is 40.1 Å². The molecule has 14 nitrogen and oxygen atoms in total. The van der Waals surface area contributed by atoms with Crippen molar-refractivity contribution in [2.24, 2.45) is 51.4 Å². The topological polar surface area (TPSA) is 226 Å². The molecule has 6 aliphatic rings. The van der Waals surface area contributed by atoms with Gasteiger partial charge in [0.2, 0.25) is 0 Å². The van der Waals surface area contributed by atoms with Gasteiger partial charge in [-0.25, -0.2) is 4.79 Å². The van der Waals surface area contributed by atoms with Gasteiger partial charge >= 0.3 is 5.97 Å². The van der Waals surface area contributed by atoms with E-state index in [1.807, 2.05) is 60.6 Å². The lowest BCUT2D eigenvalue weighted by Gasteiger charge is -2.64. The maximum Gasteiger partial charge on any atom is 0.333 e. The molecule has 0 aromatic heterocycles. The minimum Gasteiger partial charge on any atom is -0.506 e. The number of nitrogens with zero attached hydrogens (tertiary/aromatic N) is 2. The van der Waals surface area contributed by atoms with Crippen molar-refractivity contribution >= 4 is 35.3 Å². The molecule has 1 spiro atoms. The van der Waals surface area contributed by atoms with Crippen LogP contribution in [0.2, 0.25) is 0 Å². The van der Waals surface area contributed by atoms with Gasteiger partial charge in [0.25, 0.3) is 0 Å². The van der Waals surface area contributed by atoms with Crippen LogP contribution in [0.1, 0.15) is 103 Å². The van der Waals surface area contributed by atoms with Crippen molar-refractivity contribution < 1.29 is 48.9 Å². The van der Waals surface area contributed by atoms with Crippen LogP contribution in [0.5, 0.6) is 17.2 Å². The molecule has 4 fully saturated rings. The minimum absolute atomic E-state index is 0.0577. The lowest BCUT2D eigenvalue weighted by atomic mass is 9.41. The Morgan fingerprint density at radius 2 is 1.64 bits per heavy atom. The average molecular weight is 775 g/mol. The van der Waals surface area contributed by atoms with Crippen LogP contribution in [0.25, 0.3) is 6.08 Å². The van der Waals surface area contributed by atoms with Crippen molar-refractivity contribution in [3.05, 3.63) is 57.7 Å². The van der Waals surface area contributed by atoms with Crippen LogP contribution >= 0.6 is 0 Å². The predicted molar refractivity (Wildman–Crippen MR) is 208 cm³/mol. The average Bonchev–Trinajstić information content (AvgIpc) is 3.28. The van der Waals surface area contributed by atoms with E-state index in [4.69, 9.17) is 30.4 Å². The van der Waals surface area contributed by atoms with Gasteiger partial charge in [-0.3, -0.25) is 9.59 Å². The Hall–Kier alpha value is -5.11. The molecular weight excluding hydrogens is 720 g/mol. The largest absolute Gasteiger partial charge is 0.506 e. The molecule has 3 aliphatic carbocycles. The number of rotatable bonds is 11. The SMILES string of the molecule is COC(=O)/C(C)=C\CC12OC(C)(C)C3CC(C1=O)C(C(/C(N)=N/O)/C(N)=N\O)C1C(=O)c4c(O)c5c(c(CC=C(C)C)c4OC132)OC(C)(CCC=C(C)C)C=C5. The number of methoxy groups -OCH3 is 1. The van der Waals surface area contributed by atoms with E-state index >= 15 is 9.59 Å². The van der Waals surface area contributed by atoms with E-state index in [1.54, 1.807) is 19.1 Å². The summed E-state index contributed by atoms with van der Waals surface area (Å²) >= 11 is 0. The summed E-state index contributed by atoms with van der Waals surface area (Å²) in [7, 11) is 1.25. The number of aromatic hydroxyl groups is 1. The number of phenolic OH excluding ortho intramolecular Hbond substituents is 1. The van der Waals surface area contributed by atoms with Crippen LogP contribution in [-0.4, -0.2) is 74.2 Å². The number of ether oxygens (including phenoxy) is 4. The Kier molecular flexibility index (Phi) is 10.2. The fourth-order valence-electron chi connectivity index (χ4n) is 10.1. The number of carbonyl (C=O) groups is 3. The first-order chi connectivity index (χ1) is 26.3. The maximum absolute atomic E-state index is 15.7. The Bertz CT molecular complexity index is 2040. The molecule has 1 saturated heterocycles. The van der Waals surface area contributed by atoms with Crippen LogP contribution in [0, 0.1) is 29.6 Å². The summed E-state index contributed by atoms with van der Waals surface area (Å²) in [4.78, 5) is 43.7. The summed E-state index contributed by atoms with van der Waals surface area (Å²) in [5, 5.41) is 38.5. The number of amidine groups is 2. The van der Waals surface area contributed by atoms with E-state index in [0.717, 1.165) is 12.0 Å². The van der Waals surface area contributed by atoms with Gasteiger partial charge in [-0.05, 0) is 99.1 Å². The number of phenols is 1. The maximum atomic E-state index is 15.7. The number of Topliss-reactive ketones (excluding diaryl/α,β-unsaturated/α-hetero) is 2. The summed E-state index contributed by atoms with van der Waals surface area (Å²) < 4.78 is 26.1. The quantitative estimate of drug-likeness (QED) is 0.0345. The summed E-state index contributed by atoms with van der Waals surface area (Å²) in [6.07, 6.45) is 10.9. The van der Waals surface area contributed by atoms with E-state index in [-0.39, 0.29) is 41.9 Å². The summed E-state index contributed by atoms with van der Waals surface area (Å²) in [5.41, 5.74) is 10.1. The molecule has 8 atom stereocenters. The number of nitrogens with two attached hydrogens (primary N) is 2. The van der Waals surface area contributed by atoms with E-state index in [0.29, 0.717) is 23.3 Å². The summed E-state index contributed by atoms with van der Waals surface area (Å²) in [6, 6.07) is 0. The van der Waals surface area contributed by atoms with E-state index in [9.17, 15) is 20.3 Å². The van der Waals surface area contributed by atoms with Crippen molar-refractivity contribution in [2.45, 2.75) is 110 Å².